The number of hydrogen-bond acceptors (Lipinski definition) is 5. The number of hydrogen-bond donors (Lipinski definition) is 1. The van der Waals surface area contributed by atoms with Gasteiger partial charge in [-0.15, -0.1) is 0 Å². The summed E-state index contributed by atoms with van der Waals surface area (Å²) in [6.45, 7) is 3.80. The first-order chi connectivity index (χ1) is 9.80. The molecular weight excluding hydrogens is 272 g/mol. The standard InChI is InChI=1S/C15H16N2O4/c1-15(2)7-13(18)10(14(19)8-15)9-16-11-5-3-4-6-12(11)17(20)21/h3-6,9,18H,7-8H2,1-2H3. The highest BCUT2D eigenvalue weighted by atomic mass is 16.6. The minimum absolute atomic E-state index is 0.0152. The molecule has 21 heavy (non-hydrogen) atoms. The highest BCUT2D eigenvalue weighted by Gasteiger charge is 2.32. The third-order valence-corrected chi connectivity index (χ3v) is 3.31. The first kappa shape index (κ1) is 14.9. The van der Waals surface area contributed by atoms with E-state index < -0.39 is 4.92 Å². The fourth-order valence-corrected chi connectivity index (χ4v) is 2.31. The summed E-state index contributed by atoms with van der Waals surface area (Å²) in [6.07, 6.45) is 1.92. The second-order valence-electron chi connectivity index (χ2n) is 5.81. The Bertz CT molecular complexity index is 659. The quantitative estimate of drug-likeness (QED) is 0.523. The van der Waals surface area contributed by atoms with Crippen LogP contribution in [0.5, 0.6) is 0 Å². The molecule has 0 bridgehead atoms. The molecule has 1 aliphatic rings. The maximum atomic E-state index is 12.0. The van der Waals surface area contributed by atoms with Crippen LogP contribution in [0, 0.1) is 15.5 Å². The number of para-hydroxylation sites is 2. The molecule has 0 aromatic heterocycles. The van der Waals surface area contributed by atoms with Gasteiger partial charge in [0.1, 0.15) is 11.4 Å². The molecule has 0 atom stereocenters. The molecule has 0 amide bonds. The van der Waals surface area contributed by atoms with Gasteiger partial charge >= 0.3 is 0 Å². The van der Waals surface area contributed by atoms with Crippen LogP contribution in [0.2, 0.25) is 0 Å². The number of Topliss-reactive ketones (excluding diaryl/α,β-unsaturated/α-hetero) is 1. The van der Waals surface area contributed by atoms with Crippen LogP contribution in [-0.2, 0) is 4.79 Å². The predicted molar refractivity (Wildman–Crippen MR) is 78.9 cm³/mol. The summed E-state index contributed by atoms with van der Waals surface area (Å²) < 4.78 is 0. The normalized spacial score (nSPS) is 18.3. The minimum atomic E-state index is -0.535. The first-order valence-electron chi connectivity index (χ1n) is 6.53. The van der Waals surface area contributed by atoms with E-state index in [0.29, 0.717) is 12.8 Å². The van der Waals surface area contributed by atoms with Crippen LogP contribution in [0.4, 0.5) is 11.4 Å². The van der Waals surface area contributed by atoms with Crippen molar-refractivity contribution < 1.29 is 14.8 Å². The molecule has 2 rings (SSSR count). The van der Waals surface area contributed by atoms with Crippen LogP contribution in [0.3, 0.4) is 0 Å². The summed E-state index contributed by atoms with van der Waals surface area (Å²) >= 11 is 0. The first-order valence-corrected chi connectivity index (χ1v) is 6.53. The van der Waals surface area contributed by atoms with Gasteiger partial charge in [0.05, 0.1) is 10.5 Å². The molecule has 1 aliphatic carbocycles. The zero-order valence-electron chi connectivity index (χ0n) is 11.9. The van der Waals surface area contributed by atoms with Crippen LogP contribution < -0.4 is 0 Å². The monoisotopic (exact) mass is 288 g/mol. The second-order valence-corrected chi connectivity index (χ2v) is 5.81. The number of nitro benzene ring substituents is 1. The van der Waals surface area contributed by atoms with E-state index >= 15 is 0 Å². The summed E-state index contributed by atoms with van der Waals surface area (Å²) in [6, 6.07) is 6.00. The van der Waals surface area contributed by atoms with Crippen molar-refractivity contribution in [1.29, 1.82) is 0 Å². The van der Waals surface area contributed by atoms with Gasteiger partial charge in [0, 0.05) is 25.1 Å². The molecule has 0 radical (unpaired) electrons. The number of allylic oxidation sites excluding steroid dienone is 2. The molecule has 1 N–H and O–H groups in total. The smallest absolute Gasteiger partial charge is 0.294 e. The minimum Gasteiger partial charge on any atom is -0.511 e. The number of aliphatic hydroxyl groups excluding tert-OH is 1. The molecule has 110 valence electrons. The van der Waals surface area contributed by atoms with Crippen LogP contribution in [0.1, 0.15) is 26.7 Å². The zero-order valence-corrected chi connectivity index (χ0v) is 11.9. The molecule has 1 aromatic carbocycles. The Labute approximate surface area is 122 Å². The Balaban J connectivity index is 2.34. The van der Waals surface area contributed by atoms with Gasteiger partial charge in [-0.1, -0.05) is 26.0 Å². The topological polar surface area (TPSA) is 92.8 Å². The van der Waals surface area contributed by atoms with Crippen molar-refractivity contribution >= 4 is 23.4 Å². The fraction of sp³-hybridized carbons (Fsp3) is 0.333. The van der Waals surface area contributed by atoms with Gasteiger partial charge < -0.3 is 5.11 Å². The summed E-state index contributed by atoms with van der Waals surface area (Å²) in [4.78, 5) is 26.4. The van der Waals surface area contributed by atoms with Crippen LogP contribution in [-0.4, -0.2) is 22.0 Å². The number of ketones is 1. The molecule has 1 aromatic rings. The Morgan fingerprint density at radius 1 is 1.33 bits per heavy atom. The number of carbonyl (C=O) groups excluding carboxylic acids is 1. The van der Waals surface area contributed by atoms with Gasteiger partial charge in [0.2, 0.25) is 0 Å². The summed E-state index contributed by atoms with van der Waals surface area (Å²) in [5.74, 6) is -0.218. The second kappa shape index (κ2) is 5.47. The molecule has 0 fully saturated rings. The lowest BCUT2D eigenvalue weighted by atomic mass is 9.77. The number of benzene rings is 1. The summed E-state index contributed by atoms with van der Waals surface area (Å²) in [5, 5.41) is 20.9. The van der Waals surface area contributed by atoms with E-state index in [1.807, 2.05) is 13.8 Å². The van der Waals surface area contributed by atoms with E-state index in [2.05, 4.69) is 4.99 Å². The molecule has 0 unspecified atom stereocenters. The van der Waals surface area contributed by atoms with Crippen molar-refractivity contribution in [3.05, 3.63) is 45.7 Å². The van der Waals surface area contributed by atoms with Crippen molar-refractivity contribution in [2.24, 2.45) is 10.4 Å². The van der Waals surface area contributed by atoms with E-state index in [0.717, 1.165) is 0 Å². The average Bonchev–Trinajstić information content (AvgIpc) is 2.36. The number of aliphatic hydroxyl groups is 1. The molecule has 6 heteroatoms. The lowest BCUT2D eigenvalue weighted by Crippen LogP contribution is -2.26. The third-order valence-electron chi connectivity index (χ3n) is 3.31. The van der Waals surface area contributed by atoms with Gasteiger partial charge in [0.15, 0.2) is 5.78 Å². The van der Waals surface area contributed by atoms with Crippen molar-refractivity contribution in [3.63, 3.8) is 0 Å². The van der Waals surface area contributed by atoms with Gasteiger partial charge in [-0.3, -0.25) is 14.9 Å². The zero-order chi connectivity index (χ0) is 15.6. The maximum absolute atomic E-state index is 12.0. The lowest BCUT2D eigenvalue weighted by molar-refractivity contribution is -0.384. The molecule has 6 nitrogen and oxygen atoms in total. The Morgan fingerprint density at radius 2 is 2.00 bits per heavy atom. The van der Waals surface area contributed by atoms with Crippen molar-refractivity contribution in [2.75, 3.05) is 0 Å². The average molecular weight is 288 g/mol. The van der Waals surface area contributed by atoms with Crippen molar-refractivity contribution in [2.45, 2.75) is 26.7 Å². The van der Waals surface area contributed by atoms with Crippen molar-refractivity contribution in [3.8, 4) is 0 Å². The summed E-state index contributed by atoms with van der Waals surface area (Å²) in [5.41, 5.74) is -0.137. The van der Waals surface area contributed by atoms with Crippen molar-refractivity contribution in [1.82, 2.24) is 0 Å². The molecule has 0 spiro atoms. The largest absolute Gasteiger partial charge is 0.511 e. The Hall–Kier alpha value is -2.50. The molecule has 0 heterocycles. The number of aliphatic imine (C=N–C) groups is 1. The fourth-order valence-electron chi connectivity index (χ4n) is 2.31. The predicted octanol–water partition coefficient (Wildman–Crippen LogP) is 3.50. The SMILES string of the molecule is CC1(C)CC(=O)C(C=Nc2ccccc2[N+](=O)[O-])=C(O)C1. The number of nitro groups is 1. The van der Waals surface area contributed by atoms with Gasteiger partial charge in [-0.05, 0) is 11.5 Å². The van der Waals surface area contributed by atoms with E-state index in [1.54, 1.807) is 12.1 Å². The highest BCUT2D eigenvalue weighted by molar-refractivity contribution is 6.15. The Morgan fingerprint density at radius 3 is 2.62 bits per heavy atom. The number of carbonyl (C=O) groups is 1. The molecule has 0 saturated carbocycles. The highest BCUT2D eigenvalue weighted by Crippen LogP contribution is 2.35. The van der Waals surface area contributed by atoms with E-state index in [4.69, 9.17) is 0 Å². The maximum Gasteiger partial charge on any atom is 0.294 e. The number of nitrogens with zero attached hydrogens (tertiary/aromatic N) is 2. The van der Waals surface area contributed by atoms with E-state index in [1.165, 1.54) is 18.3 Å². The lowest BCUT2D eigenvalue weighted by Gasteiger charge is -2.28. The van der Waals surface area contributed by atoms with Gasteiger partial charge in [-0.25, -0.2) is 4.99 Å². The van der Waals surface area contributed by atoms with E-state index in [-0.39, 0.29) is 33.9 Å². The third kappa shape index (κ3) is 3.34. The Kier molecular flexibility index (Phi) is 3.88. The molecular formula is C15H16N2O4. The van der Waals surface area contributed by atoms with Crippen LogP contribution in [0.25, 0.3) is 0 Å². The van der Waals surface area contributed by atoms with Gasteiger partial charge in [0.25, 0.3) is 5.69 Å². The summed E-state index contributed by atoms with van der Waals surface area (Å²) in [7, 11) is 0. The van der Waals surface area contributed by atoms with Crippen LogP contribution >= 0.6 is 0 Å². The van der Waals surface area contributed by atoms with Gasteiger partial charge in [-0.2, -0.15) is 0 Å². The van der Waals surface area contributed by atoms with Crippen LogP contribution in [0.15, 0.2) is 40.6 Å². The van der Waals surface area contributed by atoms with E-state index in [9.17, 15) is 20.0 Å². The molecule has 0 aliphatic heterocycles. The number of rotatable bonds is 3. The molecule has 0 saturated heterocycles.